The molecule has 1 aromatic carbocycles. The first kappa shape index (κ1) is 15.7. The molecule has 2 aromatic rings. The number of carbonyl (C=O) groups is 1. The lowest BCUT2D eigenvalue weighted by molar-refractivity contribution is 0.0939. The van der Waals surface area contributed by atoms with Gasteiger partial charge in [-0.3, -0.25) is 9.78 Å². The summed E-state index contributed by atoms with van der Waals surface area (Å²) < 4.78 is 1.04. The summed E-state index contributed by atoms with van der Waals surface area (Å²) in [5.41, 5.74) is 2.19. The number of aliphatic hydroxyl groups is 1. The zero-order valence-corrected chi connectivity index (χ0v) is 13.3. The second kappa shape index (κ2) is 7.33. The molecule has 0 bridgehead atoms. The summed E-state index contributed by atoms with van der Waals surface area (Å²) in [4.78, 5) is 16.1. The molecular weight excluding hydrogens is 332 g/mol. The van der Waals surface area contributed by atoms with Crippen molar-refractivity contribution in [2.24, 2.45) is 0 Å². The van der Waals surface area contributed by atoms with Crippen LogP contribution in [0.15, 0.2) is 47.1 Å². The average Bonchev–Trinajstić information content (AvgIpc) is 2.49. The van der Waals surface area contributed by atoms with E-state index in [1.807, 2.05) is 31.2 Å². The monoisotopic (exact) mass is 348 g/mol. The van der Waals surface area contributed by atoms with Gasteiger partial charge in [-0.25, -0.2) is 0 Å². The lowest BCUT2D eigenvalue weighted by atomic mass is 10.1. The Kier molecular flexibility index (Phi) is 5.47. The Morgan fingerprint density at radius 3 is 2.71 bits per heavy atom. The third-order valence-corrected chi connectivity index (χ3v) is 3.88. The van der Waals surface area contributed by atoms with Crippen LogP contribution in [0.1, 0.15) is 28.5 Å². The molecule has 4 nitrogen and oxygen atoms in total. The first-order valence-corrected chi connectivity index (χ1v) is 7.49. The van der Waals surface area contributed by atoms with E-state index in [1.165, 1.54) is 6.20 Å². The molecular formula is C16H17BrN2O2. The molecule has 1 unspecified atom stereocenters. The quantitative estimate of drug-likeness (QED) is 0.873. The molecule has 0 fully saturated rings. The predicted octanol–water partition coefficient (Wildman–Crippen LogP) is 2.70. The van der Waals surface area contributed by atoms with E-state index in [2.05, 4.69) is 26.2 Å². The van der Waals surface area contributed by atoms with Crippen molar-refractivity contribution in [3.05, 3.63) is 63.9 Å². The van der Waals surface area contributed by atoms with Crippen molar-refractivity contribution in [3.63, 3.8) is 0 Å². The number of rotatable bonds is 5. The van der Waals surface area contributed by atoms with Crippen LogP contribution in [0.4, 0.5) is 0 Å². The highest BCUT2D eigenvalue weighted by Crippen LogP contribution is 2.17. The smallest absolute Gasteiger partial charge is 0.253 e. The van der Waals surface area contributed by atoms with E-state index in [9.17, 15) is 4.79 Å². The fraction of sp³-hybridized carbons (Fsp3) is 0.250. The molecule has 2 rings (SSSR count). The molecule has 0 saturated heterocycles. The first-order valence-electron chi connectivity index (χ1n) is 6.70. The van der Waals surface area contributed by atoms with Gasteiger partial charge in [0.2, 0.25) is 0 Å². The van der Waals surface area contributed by atoms with Gasteiger partial charge in [-0.05, 0) is 37.1 Å². The molecule has 0 spiro atoms. The van der Waals surface area contributed by atoms with E-state index in [-0.39, 0.29) is 18.6 Å². The SMILES string of the molecule is CC(Cc1ccccc1Br)NC(=O)c1ccc(CO)nc1. The van der Waals surface area contributed by atoms with Crippen molar-refractivity contribution in [1.82, 2.24) is 10.3 Å². The zero-order chi connectivity index (χ0) is 15.2. The maximum Gasteiger partial charge on any atom is 0.253 e. The van der Waals surface area contributed by atoms with Gasteiger partial charge in [0.05, 0.1) is 17.9 Å². The third-order valence-electron chi connectivity index (χ3n) is 3.11. The Hall–Kier alpha value is -1.72. The summed E-state index contributed by atoms with van der Waals surface area (Å²) >= 11 is 3.51. The minimum absolute atomic E-state index is 0.00807. The van der Waals surface area contributed by atoms with E-state index in [0.29, 0.717) is 11.3 Å². The van der Waals surface area contributed by atoms with Gasteiger partial charge >= 0.3 is 0 Å². The zero-order valence-electron chi connectivity index (χ0n) is 11.7. The van der Waals surface area contributed by atoms with Crippen LogP contribution in [-0.2, 0) is 13.0 Å². The molecule has 21 heavy (non-hydrogen) atoms. The van der Waals surface area contributed by atoms with E-state index >= 15 is 0 Å². The number of benzene rings is 1. The van der Waals surface area contributed by atoms with Crippen molar-refractivity contribution in [3.8, 4) is 0 Å². The number of nitrogens with one attached hydrogen (secondary N) is 1. The highest BCUT2D eigenvalue weighted by atomic mass is 79.9. The molecule has 0 saturated carbocycles. The van der Waals surface area contributed by atoms with Crippen LogP contribution in [0.25, 0.3) is 0 Å². The number of hydrogen-bond donors (Lipinski definition) is 2. The minimum Gasteiger partial charge on any atom is -0.390 e. The summed E-state index contributed by atoms with van der Waals surface area (Å²) in [5.74, 6) is -0.161. The average molecular weight is 349 g/mol. The Balaban J connectivity index is 1.97. The normalized spacial score (nSPS) is 12.0. The Bertz CT molecular complexity index is 614. The fourth-order valence-corrected chi connectivity index (χ4v) is 2.45. The molecule has 110 valence electrons. The van der Waals surface area contributed by atoms with Crippen molar-refractivity contribution >= 4 is 21.8 Å². The van der Waals surface area contributed by atoms with Gasteiger partial charge in [0.25, 0.3) is 5.91 Å². The molecule has 1 heterocycles. The van der Waals surface area contributed by atoms with Crippen LogP contribution in [0.2, 0.25) is 0 Å². The minimum atomic E-state index is -0.161. The van der Waals surface area contributed by atoms with Gasteiger partial charge in [-0.15, -0.1) is 0 Å². The molecule has 1 amide bonds. The van der Waals surface area contributed by atoms with Crippen LogP contribution in [-0.4, -0.2) is 22.0 Å². The van der Waals surface area contributed by atoms with E-state index < -0.39 is 0 Å². The molecule has 1 aromatic heterocycles. The van der Waals surface area contributed by atoms with E-state index in [1.54, 1.807) is 12.1 Å². The van der Waals surface area contributed by atoms with Gasteiger partial charge in [0.15, 0.2) is 0 Å². The number of carbonyl (C=O) groups excluding carboxylic acids is 1. The second-order valence-electron chi connectivity index (χ2n) is 4.87. The van der Waals surface area contributed by atoms with Crippen LogP contribution >= 0.6 is 15.9 Å². The maximum atomic E-state index is 12.1. The predicted molar refractivity (Wildman–Crippen MR) is 84.9 cm³/mol. The molecule has 0 aliphatic heterocycles. The van der Waals surface area contributed by atoms with Crippen molar-refractivity contribution in [2.75, 3.05) is 0 Å². The summed E-state index contributed by atoms with van der Waals surface area (Å²) in [6.45, 7) is 1.84. The fourth-order valence-electron chi connectivity index (χ4n) is 2.00. The molecule has 5 heteroatoms. The number of amides is 1. The van der Waals surface area contributed by atoms with Crippen LogP contribution in [0.5, 0.6) is 0 Å². The van der Waals surface area contributed by atoms with Gasteiger partial charge in [0, 0.05) is 16.7 Å². The maximum absolute atomic E-state index is 12.1. The molecule has 0 aliphatic rings. The lowest BCUT2D eigenvalue weighted by Crippen LogP contribution is -2.34. The van der Waals surface area contributed by atoms with Crippen molar-refractivity contribution in [2.45, 2.75) is 26.0 Å². The number of nitrogens with zero attached hydrogens (tertiary/aromatic N) is 1. The van der Waals surface area contributed by atoms with E-state index in [0.717, 1.165) is 16.5 Å². The second-order valence-corrected chi connectivity index (χ2v) is 5.72. The Labute approximate surface area is 132 Å². The molecule has 2 N–H and O–H groups in total. The van der Waals surface area contributed by atoms with Gasteiger partial charge in [0.1, 0.15) is 0 Å². The Morgan fingerprint density at radius 1 is 1.33 bits per heavy atom. The molecule has 1 atom stereocenters. The largest absolute Gasteiger partial charge is 0.390 e. The topological polar surface area (TPSA) is 62.2 Å². The summed E-state index contributed by atoms with van der Waals surface area (Å²) in [7, 11) is 0. The summed E-state index contributed by atoms with van der Waals surface area (Å²) in [5, 5.41) is 11.9. The van der Waals surface area contributed by atoms with Gasteiger partial charge in [-0.1, -0.05) is 34.1 Å². The number of halogens is 1. The molecule has 0 radical (unpaired) electrons. The first-order chi connectivity index (χ1) is 10.1. The highest BCUT2D eigenvalue weighted by molar-refractivity contribution is 9.10. The van der Waals surface area contributed by atoms with Crippen LogP contribution in [0, 0.1) is 0 Å². The van der Waals surface area contributed by atoms with Crippen molar-refractivity contribution in [1.29, 1.82) is 0 Å². The summed E-state index contributed by atoms with van der Waals surface area (Å²) in [6, 6.07) is 11.3. The lowest BCUT2D eigenvalue weighted by Gasteiger charge is -2.15. The summed E-state index contributed by atoms with van der Waals surface area (Å²) in [6.07, 6.45) is 2.22. The number of aromatic nitrogens is 1. The Morgan fingerprint density at radius 2 is 2.10 bits per heavy atom. The van der Waals surface area contributed by atoms with Crippen LogP contribution < -0.4 is 5.32 Å². The standard InChI is InChI=1S/C16H17BrN2O2/c1-11(8-12-4-2-3-5-15(12)17)19-16(21)13-6-7-14(10-20)18-9-13/h2-7,9,11,20H,8,10H2,1H3,(H,19,21). The molecule has 0 aliphatic carbocycles. The van der Waals surface area contributed by atoms with Crippen molar-refractivity contribution < 1.29 is 9.90 Å². The van der Waals surface area contributed by atoms with Gasteiger partial charge in [-0.2, -0.15) is 0 Å². The third kappa shape index (κ3) is 4.37. The number of pyridine rings is 1. The van der Waals surface area contributed by atoms with Gasteiger partial charge < -0.3 is 10.4 Å². The number of aliphatic hydroxyl groups excluding tert-OH is 1. The number of hydrogen-bond acceptors (Lipinski definition) is 3. The van der Waals surface area contributed by atoms with E-state index in [4.69, 9.17) is 5.11 Å². The van der Waals surface area contributed by atoms with Crippen LogP contribution in [0.3, 0.4) is 0 Å². The highest BCUT2D eigenvalue weighted by Gasteiger charge is 2.11.